The minimum Gasteiger partial charge on any atom is -0.336 e. The van der Waals surface area contributed by atoms with Crippen LogP contribution in [-0.4, -0.2) is 51.8 Å². The van der Waals surface area contributed by atoms with E-state index in [0.717, 1.165) is 35.9 Å². The summed E-state index contributed by atoms with van der Waals surface area (Å²) in [4.78, 5) is 32.2. The van der Waals surface area contributed by atoms with E-state index in [1.165, 1.54) is 6.07 Å². The van der Waals surface area contributed by atoms with Crippen molar-refractivity contribution in [2.24, 2.45) is 0 Å². The number of rotatable bonds is 5. The maximum Gasteiger partial charge on any atom is 0.272 e. The third kappa shape index (κ3) is 4.39. The lowest BCUT2D eigenvalue weighted by Gasteiger charge is -2.34. The van der Waals surface area contributed by atoms with Crippen LogP contribution >= 0.6 is 11.3 Å². The third-order valence-corrected chi connectivity index (χ3v) is 6.20. The normalized spacial score (nSPS) is 14.6. The first-order valence-corrected chi connectivity index (χ1v) is 10.7. The number of benzene rings is 2. The summed E-state index contributed by atoms with van der Waals surface area (Å²) in [5.74, 6) is -0.0762. The van der Waals surface area contributed by atoms with Crippen molar-refractivity contribution < 1.29 is 9.72 Å². The molecule has 154 valence electrons. The van der Waals surface area contributed by atoms with Crippen LogP contribution in [0.5, 0.6) is 0 Å². The number of hydrogen-bond donors (Lipinski definition) is 0. The summed E-state index contributed by atoms with van der Waals surface area (Å²) < 4.78 is 0. The zero-order valence-electron chi connectivity index (χ0n) is 16.7. The molecule has 30 heavy (non-hydrogen) atoms. The predicted octanol–water partition coefficient (Wildman–Crippen LogP) is 3.98. The van der Waals surface area contributed by atoms with Crippen LogP contribution in [0, 0.1) is 17.0 Å². The lowest BCUT2D eigenvalue weighted by molar-refractivity contribution is -0.385. The van der Waals surface area contributed by atoms with Gasteiger partial charge in [-0.3, -0.25) is 19.8 Å². The molecule has 1 saturated heterocycles. The summed E-state index contributed by atoms with van der Waals surface area (Å²) in [7, 11) is 0. The maximum atomic E-state index is 12.8. The molecule has 1 aromatic heterocycles. The van der Waals surface area contributed by atoms with E-state index in [0.29, 0.717) is 24.2 Å². The lowest BCUT2D eigenvalue weighted by atomic mass is 10.1. The average molecular weight is 423 g/mol. The fourth-order valence-corrected chi connectivity index (χ4v) is 4.42. The minimum absolute atomic E-state index is 0.0366. The summed E-state index contributed by atoms with van der Waals surface area (Å²) in [5.41, 5.74) is 3.21. The van der Waals surface area contributed by atoms with Crippen LogP contribution in [0.15, 0.2) is 53.9 Å². The summed E-state index contributed by atoms with van der Waals surface area (Å²) in [6, 6.07) is 14.7. The standard InChI is InChI=1S/C22H22N4O3S/c1-16-13-18(7-8-20(16)26(28)29)22(27)25-11-9-24(10-12-25)14-19-15-30-21(23-19)17-5-3-2-4-6-17/h2-8,13,15H,9-12,14H2,1H3. The fourth-order valence-electron chi connectivity index (χ4n) is 3.61. The Morgan fingerprint density at radius 3 is 2.53 bits per heavy atom. The highest BCUT2D eigenvalue weighted by atomic mass is 32.1. The molecule has 7 nitrogen and oxygen atoms in total. The Labute approximate surface area is 178 Å². The van der Waals surface area contributed by atoms with Crippen molar-refractivity contribution in [1.82, 2.24) is 14.8 Å². The number of hydrogen-bond acceptors (Lipinski definition) is 6. The van der Waals surface area contributed by atoms with Crippen molar-refractivity contribution in [1.29, 1.82) is 0 Å². The third-order valence-electron chi connectivity index (χ3n) is 5.26. The van der Waals surface area contributed by atoms with E-state index in [1.54, 1.807) is 30.4 Å². The largest absolute Gasteiger partial charge is 0.336 e. The van der Waals surface area contributed by atoms with E-state index in [-0.39, 0.29) is 11.6 Å². The molecule has 0 spiro atoms. The van der Waals surface area contributed by atoms with Crippen molar-refractivity contribution in [2.45, 2.75) is 13.5 Å². The van der Waals surface area contributed by atoms with Crippen LogP contribution in [-0.2, 0) is 6.54 Å². The van der Waals surface area contributed by atoms with Crippen LogP contribution in [0.2, 0.25) is 0 Å². The number of thiazole rings is 1. The van der Waals surface area contributed by atoms with E-state index in [2.05, 4.69) is 22.4 Å². The van der Waals surface area contributed by atoms with E-state index < -0.39 is 4.92 Å². The molecule has 2 heterocycles. The molecule has 0 radical (unpaired) electrons. The topological polar surface area (TPSA) is 79.6 Å². The lowest BCUT2D eigenvalue weighted by Crippen LogP contribution is -2.48. The molecule has 1 aliphatic rings. The van der Waals surface area contributed by atoms with Gasteiger partial charge in [-0.25, -0.2) is 4.98 Å². The van der Waals surface area contributed by atoms with Gasteiger partial charge in [0.15, 0.2) is 0 Å². The Morgan fingerprint density at radius 1 is 1.13 bits per heavy atom. The summed E-state index contributed by atoms with van der Waals surface area (Å²) in [6.45, 7) is 5.23. The number of aryl methyl sites for hydroxylation is 1. The van der Waals surface area contributed by atoms with Gasteiger partial charge in [-0.1, -0.05) is 30.3 Å². The van der Waals surface area contributed by atoms with Crippen LogP contribution in [0.3, 0.4) is 0 Å². The number of carbonyl (C=O) groups excluding carboxylic acids is 1. The first-order valence-electron chi connectivity index (χ1n) is 9.78. The van der Waals surface area contributed by atoms with Gasteiger partial charge in [0.2, 0.25) is 0 Å². The second kappa shape index (κ2) is 8.73. The van der Waals surface area contributed by atoms with Gasteiger partial charge in [-0.2, -0.15) is 0 Å². The fraction of sp³-hybridized carbons (Fsp3) is 0.273. The molecule has 0 N–H and O–H groups in total. The summed E-state index contributed by atoms with van der Waals surface area (Å²) in [5, 5.41) is 14.1. The van der Waals surface area contributed by atoms with Crippen LogP contribution in [0.25, 0.3) is 10.6 Å². The van der Waals surface area contributed by atoms with E-state index in [4.69, 9.17) is 4.98 Å². The predicted molar refractivity (Wildman–Crippen MR) is 117 cm³/mol. The van der Waals surface area contributed by atoms with E-state index in [9.17, 15) is 14.9 Å². The minimum atomic E-state index is -0.427. The Balaban J connectivity index is 1.34. The number of aromatic nitrogens is 1. The second-order valence-electron chi connectivity index (χ2n) is 7.34. The number of nitro groups is 1. The highest BCUT2D eigenvalue weighted by Crippen LogP contribution is 2.24. The van der Waals surface area contributed by atoms with Crippen LogP contribution in [0.4, 0.5) is 5.69 Å². The van der Waals surface area contributed by atoms with E-state index >= 15 is 0 Å². The molecule has 1 fully saturated rings. The molecule has 2 aromatic carbocycles. The Bertz CT molecular complexity index is 1060. The average Bonchev–Trinajstić information content (AvgIpc) is 3.22. The maximum absolute atomic E-state index is 12.8. The monoisotopic (exact) mass is 422 g/mol. The molecular formula is C22H22N4O3S. The van der Waals surface area contributed by atoms with Gasteiger partial charge in [0.05, 0.1) is 10.6 Å². The van der Waals surface area contributed by atoms with Gasteiger partial charge in [0.25, 0.3) is 11.6 Å². The summed E-state index contributed by atoms with van der Waals surface area (Å²) in [6.07, 6.45) is 0. The number of nitrogens with zero attached hydrogens (tertiary/aromatic N) is 4. The van der Waals surface area contributed by atoms with Crippen molar-refractivity contribution in [3.05, 3.63) is 80.8 Å². The Hall–Kier alpha value is -3.10. The van der Waals surface area contributed by atoms with Crippen LogP contribution in [0.1, 0.15) is 21.6 Å². The second-order valence-corrected chi connectivity index (χ2v) is 8.19. The molecule has 0 aliphatic carbocycles. The first-order chi connectivity index (χ1) is 14.5. The zero-order valence-corrected chi connectivity index (χ0v) is 17.5. The van der Waals surface area contributed by atoms with Gasteiger partial charge < -0.3 is 4.90 Å². The SMILES string of the molecule is Cc1cc(C(=O)N2CCN(Cc3csc(-c4ccccc4)n3)CC2)ccc1[N+](=O)[O-]. The molecule has 0 unspecified atom stereocenters. The van der Waals surface area contributed by atoms with Crippen LogP contribution < -0.4 is 0 Å². The first kappa shape index (κ1) is 20.2. The smallest absolute Gasteiger partial charge is 0.272 e. The Morgan fingerprint density at radius 2 is 1.87 bits per heavy atom. The molecule has 3 aromatic rings. The molecule has 0 saturated carbocycles. The highest BCUT2D eigenvalue weighted by molar-refractivity contribution is 7.13. The molecule has 1 amide bonds. The molecule has 1 aliphatic heterocycles. The van der Waals surface area contributed by atoms with E-state index in [1.807, 2.05) is 23.1 Å². The summed E-state index contributed by atoms with van der Waals surface area (Å²) >= 11 is 1.65. The number of piperazine rings is 1. The molecule has 8 heteroatoms. The van der Waals surface area contributed by atoms with Gasteiger partial charge in [0.1, 0.15) is 5.01 Å². The Kier molecular flexibility index (Phi) is 5.87. The van der Waals surface area contributed by atoms with Gasteiger partial charge in [-0.15, -0.1) is 11.3 Å². The quantitative estimate of drug-likeness (QED) is 0.459. The number of carbonyl (C=O) groups is 1. The molecule has 4 rings (SSSR count). The molecule has 0 bridgehead atoms. The zero-order chi connectivity index (χ0) is 21.1. The van der Waals surface area contributed by atoms with Crippen molar-refractivity contribution in [3.63, 3.8) is 0 Å². The number of nitro benzene ring substituents is 1. The van der Waals surface area contributed by atoms with Crippen molar-refractivity contribution in [3.8, 4) is 10.6 Å². The number of amides is 1. The van der Waals surface area contributed by atoms with Crippen molar-refractivity contribution in [2.75, 3.05) is 26.2 Å². The highest BCUT2D eigenvalue weighted by Gasteiger charge is 2.24. The van der Waals surface area contributed by atoms with Gasteiger partial charge >= 0.3 is 0 Å². The van der Waals surface area contributed by atoms with Gasteiger partial charge in [0, 0.05) is 60.9 Å². The van der Waals surface area contributed by atoms with Gasteiger partial charge in [-0.05, 0) is 19.1 Å². The molecule has 0 atom stereocenters. The molecular weight excluding hydrogens is 400 g/mol. The van der Waals surface area contributed by atoms with Crippen molar-refractivity contribution >= 4 is 22.9 Å².